The summed E-state index contributed by atoms with van der Waals surface area (Å²) in [6.45, 7) is 1.28. The quantitative estimate of drug-likeness (QED) is 0.838. The number of carbonyl (C=O) groups excluding carboxylic acids is 1. The molecule has 4 nitrogen and oxygen atoms in total. The van der Waals surface area contributed by atoms with Crippen LogP contribution >= 0.6 is 11.3 Å². The lowest BCUT2D eigenvalue weighted by molar-refractivity contribution is -0.388. The zero-order chi connectivity index (χ0) is 17.6. The van der Waals surface area contributed by atoms with Crippen LogP contribution in [-0.4, -0.2) is 40.0 Å². The number of carbonyl (C=O) groups is 1. The summed E-state index contributed by atoms with van der Waals surface area (Å²) in [5.74, 6) is -23.6. The molecule has 0 atom stereocenters. The monoisotopic (exact) mass is 361 g/mol. The molecule has 0 fully saturated rings. The molecule has 1 rings (SSSR count). The number of halogens is 9. The molecule has 1 aromatic heterocycles. The fourth-order valence-electron chi connectivity index (χ4n) is 1.04. The molecule has 0 radical (unpaired) electrons. The average Bonchev–Trinajstić information content (AvgIpc) is 2.72. The Labute approximate surface area is 119 Å². The van der Waals surface area contributed by atoms with E-state index < -0.39 is 35.0 Å². The average molecular weight is 361 g/mol. The maximum absolute atomic E-state index is 13.1. The minimum atomic E-state index is -7.13. The number of aryl methyl sites for hydroxylation is 1. The smallest absolute Gasteiger partial charge is 0.295 e. The van der Waals surface area contributed by atoms with Gasteiger partial charge in [0.25, 0.3) is 0 Å². The van der Waals surface area contributed by atoms with E-state index in [0.29, 0.717) is 11.3 Å². The molecule has 0 unspecified atom stereocenters. The van der Waals surface area contributed by atoms with E-state index >= 15 is 0 Å². The number of hydrogen-bond acceptors (Lipinski definition) is 4. The van der Waals surface area contributed by atoms with Gasteiger partial charge in [0, 0.05) is 0 Å². The van der Waals surface area contributed by atoms with E-state index in [1.165, 1.54) is 6.92 Å². The van der Waals surface area contributed by atoms with E-state index in [-0.39, 0.29) is 5.01 Å². The van der Waals surface area contributed by atoms with Gasteiger partial charge >= 0.3 is 29.9 Å². The van der Waals surface area contributed by atoms with E-state index in [0.717, 1.165) is 5.32 Å². The van der Waals surface area contributed by atoms with Crippen molar-refractivity contribution in [2.75, 3.05) is 5.32 Å². The maximum atomic E-state index is 13.1. The molecule has 0 aromatic carbocycles. The van der Waals surface area contributed by atoms with Crippen LogP contribution in [0.5, 0.6) is 0 Å². The second-order valence-electron chi connectivity index (χ2n) is 3.80. The first kappa shape index (κ1) is 18.4. The first-order chi connectivity index (χ1) is 9.64. The molecule has 0 saturated carbocycles. The van der Waals surface area contributed by atoms with Gasteiger partial charge in [0.2, 0.25) is 5.13 Å². The second kappa shape index (κ2) is 5.24. The Morgan fingerprint density at radius 1 is 0.955 bits per heavy atom. The molecule has 1 heterocycles. The van der Waals surface area contributed by atoms with Crippen molar-refractivity contribution in [1.29, 1.82) is 0 Å². The predicted molar refractivity (Wildman–Crippen MR) is 54.2 cm³/mol. The van der Waals surface area contributed by atoms with E-state index in [1.54, 1.807) is 0 Å². The van der Waals surface area contributed by atoms with Gasteiger partial charge in [-0.3, -0.25) is 10.1 Å². The van der Waals surface area contributed by atoms with Gasteiger partial charge in [-0.25, -0.2) is 0 Å². The molecule has 0 spiro atoms. The van der Waals surface area contributed by atoms with Gasteiger partial charge < -0.3 is 0 Å². The minimum absolute atomic E-state index is 0.0889. The Balaban J connectivity index is 3.12. The summed E-state index contributed by atoms with van der Waals surface area (Å²) in [4.78, 5) is 11.0. The Hall–Kier alpha value is -1.60. The van der Waals surface area contributed by atoms with Crippen molar-refractivity contribution in [2.45, 2.75) is 30.9 Å². The van der Waals surface area contributed by atoms with Crippen LogP contribution in [-0.2, 0) is 4.79 Å². The molecule has 0 aliphatic rings. The SMILES string of the molecule is Cc1nnc(NC(=O)C(F)(F)C(F)(F)C(F)(F)C(F)(F)F)s1. The molecule has 0 saturated heterocycles. The van der Waals surface area contributed by atoms with E-state index in [2.05, 4.69) is 10.2 Å². The second-order valence-corrected chi connectivity index (χ2v) is 4.98. The standard InChI is InChI=1S/C8H4F9N3OS/c1-2-19-20-4(22-2)18-3(21)5(9,10)6(11,12)7(13,14)8(15,16)17/h1H3,(H,18,20,21). The van der Waals surface area contributed by atoms with Crippen molar-refractivity contribution < 1.29 is 44.3 Å². The Bertz CT molecular complexity index is 567. The number of hydrogen-bond donors (Lipinski definition) is 1. The molecule has 0 aliphatic carbocycles. The highest BCUT2D eigenvalue weighted by molar-refractivity contribution is 7.15. The largest absolute Gasteiger partial charge is 0.460 e. The van der Waals surface area contributed by atoms with Crippen molar-refractivity contribution in [3.63, 3.8) is 0 Å². The molecular weight excluding hydrogens is 357 g/mol. The lowest BCUT2D eigenvalue weighted by Crippen LogP contribution is -2.64. The van der Waals surface area contributed by atoms with Crippen LogP contribution in [0.1, 0.15) is 5.01 Å². The van der Waals surface area contributed by atoms with Crippen LogP contribution in [0.3, 0.4) is 0 Å². The summed E-state index contributed by atoms with van der Waals surface area (Å²) in [6.07, 6.45) is -6.99. The molecule has 22 heavy (non-hydrogen) atoms. The third-order valence-corrected chi connectivity index (χ3v) is 2.93. The number of nitrogens with zero attached hydrogens (tertiary/aromatic N) is 2. The van der Waals surface area contributed by atoms with Gasteiger partial charge in [-0.2, -0.15) is 39.5 Å². The first-order valence-electron chi connectivity index (χ1n) is 4.96. The molecule has 126 valence electrons. The summed E-state index contributed by atoms with van der Waals surface area (Å²) in [5.41, 5.74) is 0. The van der Waals surface area contributed by atoms with E-state index in [4.69, 9.17) is 0 Å². The van der Waals surface area contributed by atoms with Gasteiger partial charge in [0.15, 0.2) is 0 Å². The number of rotatable bonds is 4. The molecule has 1 N–H and O–H groups in total. The summed E-state index contributed by atoms with van der Waals surface area (Å²) < 4.78 is 113. The molecule has 1 aromatic rings. The Morgan fingerprint density at radius 2 is 1.45 bits per heavy atom. The number of amides is 1. The minimum Gasteiger partial charge on any atom is -0.295 e. The summed E-state index contributed by atoms with van der Waals surface area (Å²) in [7, 11) is 0. The third kappa shape index (κ3) is 2.83. The van der Waals surface area contributed by atoms with E-state index in [1.807, 2.05) is 0 Å². The highest BCUT2D eigenvalue weighted by Crippen LogP contribution is 2.53. The summed E-state index contributed by atoms with van der Waals surface area (Å²) >= 11 is 0.414. The van der Waals surface area contributed by atoms with Crippen LogP contribution < -0.4 is 5.32 Å². The van der Waals surface area contributed by atoms with Crippen LogP contribution in [0, 0.1) is 6.92 Å². The van der Waals surface area contributed by atoms with Gasteiger partial charge in [-0.15, -0.1) is 10.2 Å². The Kier molecular flexibility index (Phi) is 4.40. The number of aromatic nitrogens is 2. The van der Waals surface area contributed by atoms with Crippen molar-refractivity contribution in [3.8, 4) is 0 Å². The summed E-state index contributed by atoms with van der Waals surface area (Å²) in [5, 5.41) is 6.53. The van der Waals surface area contributed by atoms with Gasteiger partial charge in [0.05, 0.1) is 0 Å². The lowest BCUT2D eigenvalue weighted by atomic mass is 10.0. The van der Waals surface area contributed by atoms with Gasteiger partial charge in [-0.05, 0) is 6.92 Å². The fourth-order valence-corrected chi connectivity index (χ4v) is 1.63. The van der Waals surface area contributed by atoms with Crippen LogP contribution in [0.2, 0.25) is 0 Å². The molecule has 0 bridgehead atoms. The van der Waals surface area contributed by atoms with Crippen molar-refractivity contribution >= 4 is 22.4 Å². The predicted octanol–water partition coefficient (Wildman–Crippen LogP) is 3.25. The number of nitrogens with one attached hydrogen (secondary N) is 1. The number of anilines is 1. The van der Waals surface area contributed by atoms with Crippen molar-refractivity contribution in [3.05, 3.63) is 5.01 Å². The highest BCUT2D eigenvalue weighted by atomic mass is 32.1. The summed E-state index contributed by atoms with van der Waals surface area (Å²) in [6, 6.07) is 0. The van der Waals surface area contributed by atoms with E-state index in [9.17, 15) is 44.3 Å². The maximum Gasteiger partial charge on any atom is 0.460 e. The van der Waals surface area contributed by atoms with Crippen LogP contribution in [0.4, 0.5) is 44.6 Å². The van der Waals surface area contributed by atoms with Gasteiger partial charge in [-0.1, -0.05) is 11.3 Å². The zero-order valence-electron chi connectivity index (χ0n) is 10.1. The van der Waals surface area contributed by atoms with Crippen molar-refractivity contribution in [2.24, 2.45) is 0 Å². The van der Waals surface area contributed by atoms with Crippen LogP contribution in [0.25, 0.3) is 0 Å². The lowest BCUT2D eigenvalue weighted by Gasteiger charge is -2.32. The molecule has 1 amide bonds. The topological polar surface area (TPSA) is 54.9 Å². The first-order valence-corrected chi connectivity index (χ1v) is 5.78. The number of alkyl halides is 9. The van der Waals surface area contributed by atoms with Crippen molar-refractivity contribution in [1.82, 2.24) is 10.2 Å². The molecule has 0 aliphatic heterocycles. The fraction of sp³-hybridized carbons (Fsp3) is 0.625. The molecule has 14 heteroatoms. The highest BCUT2D eigenvalue weighted by Gasteiger charge is 2.83. The molecular formula is C8H4F9N3OS. The van der Waals surface area contributed by atoms with Crippen LogP contribution in [0.15, 0.2) is 0 Å². The zero-order valence-corrected chi connectivity index (χ0v) is 10.9. The van der Waals surface area contributed by atoms with Gasteiger partial charge in [0.1, 0.15) is 5.01 Å². The third-order valence-electron chi connectivity index (χ3n) is 2.18. The normalized spacial score (nSPS) is 14.1. The Morgan fingerprint density at radius 3 is 1.82 bits per heavy atom.